The Hall–Kier alpha value is -2.72. The van der Waals surface area contributed by atoms with Crippen LogP contribution < -0.4 is 5.32 Å². The van der Waals surface area contributed by atoms with Crippen molar-refractivity contribution in [2.45, 2.75) is 11.7 Å². The van der Waals surface area contributed by atoms with Gasteiger partial charge in [-0.25, -0.2) is 0 Å². The van der Waals surface area contributed by atoms with Gasteiger partial charge in [-0.2, -0.15) is 0 Å². The Balaban J connectivity index is 1.69. The van der Waals surface area contributed by atoms with Gasteiger partial charge in [0.15, 0.2) is 0 Å². The number of anilines is 1. The van der Waals surface area contributed by atoms with Crippen molar-refractivity contribution in [3.05, 3.63) is 102 Å². The van der Waals surface area contributed by atoms with Crippen LogP contribution in [0.3, 0.4) is 0 Å². The fraction of sp³-hybridized carbons (Fsp3) is 0.136. The SMILES string of the molecule is O=C(CCS(=O)C(c1ccccc1)c1ccccc1)Nc1ccccc1. The summed E-state index contributed by atoms with van der Waals surface area (Å²) in [6.45, 7) is 0. The largest absolute Gasteiger partial charge is 0.326 e. The Kier molecular flexibility index (Phi) is 6.34. The van der Waals surface area contributed by atoms with E-state index in [9.17, 15) is 9.00 Å². The van der Waals surface area contributed by atoms with E-state index in [2.05, 4.69) is 5.32 Å². The van der Waals surface area contributed by atoms with Crippen LogP contribution in [0.5, 0.6) is 0 Å². The molecule has 0 aliphatic carbocycles. The topological polar surface area (TPSA) is 46.2 Å². The molecule has 132 valence electrons. The first kappa shape index (κ1) is 18.1. The normalized spacial score (nSPS) is 11.9. The fourth-order valence-electron chi connectivity index (χ4n) is 2.81. The quantitative estimate of drug-likeness (QED) is 0.669. The first-order chi connectivity index (χ1) is 12.7. The molecule has 1 N–H and O–H groups in total. The minimum absolute atomic E-state index is 0.121. The van der Waals surface area contributed by atoms with Crippen LogP contribution in [0.25, 0.3) is 0 Å². The van der Waals surface area contributed by atoms with Crippen LogP contribution in [0.4, 0.5) is 5.69 Å². The molecule has 3 aromatic carbocycles. The molecule has 3 nitrogen and oxygen atoms in total. The molecular weight excluding hydrogens is 342 g/mol. The fourth-order valence-corrected chi connectivity index (χ4v) is 4.35. The maximum atomic E-state index is 13.0. The predicted octanol–water partition coefficient (Wildman–Crippen LogP) is 4.55. The summed E-state index contributed by atoms with van der Waals surface area (Å²) in [6, 6.07) is 28.9. The second-order valence-corrected chi connectivity index (χ2v) is 7.59. The van der Waals surface area contributed by atoms with Crippen molar-refractivity contribution >= 4 is 22.4 Å². The van der Waals surface area contributed by atoms with Gasteiger partial charge < -0.3 is 5.32 Å². The molecule has 0 radical (unpaired) electrons. The van der Waals surface area contributed by atoms with E-state index in [1.54, 1.807) is 0 Å². The van der Waals surface area contributed by atoms with Crippen molar-refractivity contribution in [3.63, 3.8) is 0 Å². The zero-order chi connectivity index (χ0) is 18.2. The van der Waals surface area contributed by atoms with Gasteiger partial charge in [-0.1, -0.05) is 78.9 Å². The van der Waals surface area contributed by atoms with Gasteiger partial charge in [0.05, 0.1) is 5.25 Å². The van der Waals surface area contributed by atoms with Gasteiger partial charge in [-0.05, 0) is 23.3 Å². The van der Waals surface area contributed by atoms with Crippen LogP contribution in [-0.4, -0.2) is 15.9 Å². The van der Waals surface area contributed by atoms with Gasteiger partial charge in [0.25, 0.3) is 0 Å². The van der Waals surface area contributed by atoms with Gasteiger partial charge in [0.1, 0.15) is 0 Å². The monoisotopic (exact) mass is 363 g/mol. The van der Waals surface area contributed by atoms with Crippen LogP contribution in [0.2, 0.25) is 0 Å². The van der Waals surface area contributed by atoms with Gasteiger partial charge in [-0.3, -0.25) is 9.00 Å². The van der Waals surface area contributed by atoms with Gasteiger partial charge in [0.2, 0.25) is 5.91 Å². The Morgan fingerprint density at radius 3 is 1.73 bits per heavy atom. The van der Waals surface area contributed by atoms with E-state index in [1.165, 1.54) is 0 Å². The molecule has 4 heteroatoms. The number of rotatable bonds is 7. The molecule has 0 heterocycles. The van der Waals surface area contributed by atoms with Crippen LogP contribution in [0, 0.1) is 0 Å². The Labute approximate surface area is 156 Å². The molecule has 0 saturated carbocycles. The number of nitrogens with one attached hydrogen (secondary N) is 1. The van der Waals surface area contributed by atoms with E-state index in [-0.39, 0.29) is 17.6 Å². The number of hydrogen-bond donors (Lipinski definition) is 1. The number of benzene rings is 3. The Morgan fingerprint density at radius 2 is 1.23 bits per heavy atom. The summed E-state index contributed by atoms with van der Waals surface area (Å²) >= 11 is 0. The maximum absolute atomic E-state index is 13.0. The number of para-hydroxylation sites is 1. The molecule has 0 bridgehead atoms. The summed E-state index contributed by atoms with van der Waals surface area (Å²) in [4.78, 5) is 12.2. The van der Waals surface area contributed by atoms with Gasteiger partial charge in [0, 0.05) is 28.7 Å². The zero-order valence-corrected chi connectivity index (χ0v) is 15.2. The summed E-state index contributed by atoms with van der Waals surface area (Å²) < 4.78 is 13.0. The lowest BCUT2D eigenvalue weighted by Crippen LogP contribution is -2.18. The van der Waals surface area contributed by atoms with Crippen LogP contribution in [-0.2, 0) is 15.6 Å². The molecular formula is C22H21NO2S. The average Bonchev–Trinajstić information content (AvgIpc) is 2.69. The van der Waals surface area contributed by atoms with Gasteiger partial charge >= 0.3 is 0 Å². The Bertz CT molecular complexity index is 812. The molecule has 0 aliphatic rings. The second kappa shape index (κ2) is 9.11. The number of carbonyl (C=O) groups excluding carboxylic acids is 1. The number of hydrogen-bond acceptors (Lipinski definition) is 2. The molecule has 3 rings (SSSR count). The summed E-state index contributed by atoms with van der Waals surface area (Å²) in [7, 11) is -1.20. The maximum Gasteiger partial charge on any atom is 0.225 e. The molecule has 3 aromatic rings. The van der Waals surface area contributed by atoms with E-state index in [4.69, 9.17) is 0 Å². The highest BCUT2D eigenvalue weighted by Crippen LogP contribution is 2.28. The van der Waals surface area contributed by atoms with Gasteiger partial charge in [-0.15, -0.1) is 0 Å². The van der Waals surface area contributed by atoms with Crippen LogP contribution in [0.15, 0.2) is 91.0 Å². The molecule has 1 atom stereocenters. The third-order valence-electron chi connectivity index (χ3n) is 4.06. The smallest absolute Gasteiger partial charge is 0.225 e. The minimum Gasteiger partial charge on any atom is -0.326 e. The van der Waals surface area contributed by atoms with E-state index in [0.29, 0.717) is 5.75 Å². The molecule has 26 heavy (non-hydrogen) atoms. The molecule has 0 aromatic heterocycles. The van der Waals surface area contributed by atoms with E-state index >= 15 is 0 Å². The van der Waals surface area contributed by atoms with Crippen molar-refractivity contribution in [2.24, 2.45) is 0 Å². The van der Waals surface area contributed by atoms with E-state index in [1.807, 2.05) is 91.0 Å². The molecule has 0 aliphatic heterocycles. The molecule has 0 fully saturated rings. The molecule has 0 saturated heterocycles. The van der Waals surface area contributed by atoms with Crippen molar-refractivity contribution in [3.8, 4) is 0 Å². The standard InChI is InChI=1S/C22H21NO2S/c24-21(23-20-14-8-3-9-15-20)16-17-26(25)22(18-10-4-1-5-11-18)19-12-6-2-7-13-19/h1-15,22H,16-17H2,(H,23,24). The van der Waals surface area contributed by atoms with Crippen LogP contribution in [0.1, 0.15) is 22.8 Å². The lowest BCUT2D eigenvalue weighted by atomic mass is 10.0. The lowest BCUT2D eigenvalue weighted by Gasteiger charge is -2.17. The molecule has 1 amide bonds. The van der Waals surface area contributed by atoms with Crippen molar-refractivity contribution in [2.75, 3.05) is 11.1 Å². The highest BCUT2D eigenvalue weighted by Gasteiger charge is 2.21. The van der Waals surface area contributed by atoms with E-state index in [0.717, 1.165) is 16.8 Å². The summed E-state index contributed by atoms with van der Waals surface area (Å²) in [5, 5.41) is 2.61. The van der Waals surface area contributed by atoms with Crippen LogP contribution >= 0.6 is 0 Å². The first-order valence-corrected chi connectivity index (χ1v) is 9.94. The third-order valence-corrected chi connectivity index (χ3v) is 5.73. The predicted molar refractivity (Wildman–Crippen MR) is 107 cm³/mol. The summed E-state index contributed by atoms with van der Waals surface area (Å²) in [5.74, 6) is 0.192. The van der Waals surface area contributed by atoms with Crippen molar-refractivity contribution in [1.82, 2.24) is 0 Å². The molecule has 0 spiro atoms. The van der Waals surface area contributed by atoms with E-state index < -0.39 is 10.8 Å². The first-order valence-electron chi connectivity index (χ1n) is 8.56. The highest BCUT2D eigenvalue weighted by molar-refractivity contribution is 7.85. The lowest BCUT2D eigenvalue weighted by molar-refractivity contribution is -0.115. The number of amides is 1. The summed E-state index contributed by atoms with van der Waals surface area (Å²) in [6.07, 6.45) is 0.220. The zero-order valence-electron chi connectivity index (χ0n) is 14.4. The average molecular weight is 363 g/mol. The summed E-state index contributed by atoms with van der Waals surface area (Å²) in [5.41, 5.74) is 2.76. The number of carbonyl (C=O) groups is 1. The molecule has 1 unspecified atom stereocenters. The third kappa shape index (κ3) is 4.90. The highest BCUT2D eigenvalue weighted by atomic mass is 32.2. The van der Waals surface area contributed by atoms with Crippen molar-refractivity contribution in [1.29, 1.82) is 0 Å². The Morgan fingerprint density at radius 1 is 0.769 bits per heavy atom. The minimum atomic E-state index is -1.20. The second-order valence-electron chi connectivity index (χ2n) is 5.95. The van der Waals surface area contributed by atoms with Crippen molar-refractivity contribution < 1.29 is 9.00 Å².